The van der Waals surface area contributed by atoms with E-state index in [1.807, 2.05) is 30.3 Å². The molecule has 28 heavy (non-hydrogen) atoms. The number of furan rings is 1. The van der Waals surface area contributed by atoms with Crippen LogP contribution < -0.4 is 0 Å². The second-order valence-corrected chi connectivity index (χ2v) is 6.32. The molecule has 3 heterocycles. The fourth-order valence-electron chi connectivity index (χ4n) is 2.92. The van der Waals surface area contributed by atoms with E-state index in [2.05, 4.69) is 27.3 Å². The van der Waals surface area contributed by atoms with E-state index < -0.39 is 0 Å². The van der Waals surface area contributed by atoms with Gasteiger partial charge in [0.1, 0.15) is 24.2 Å². The molecule has 7 nitrogen and oxygen atoms in total. The van der Waals surface area contributed by atoms with Crippen LogP contribution in [0.25, 0.3) is 5.82 Å². The highest BCUT2D eigenvalue weighted by Crippen LogP contribution is 2.13. The highest BCUT2D eigenvalue weighted by atomic mass is 16.3. The number of benzene rings is 1. The van der Waals surface area contributed by atoms with E-state index in [1.54, 1.807) is 46.7 Å². The van der Waals surface area contributed by atoms with Crippen LogP contribution in [0.3, 0.4) is 0 Å². The van der Waals surface area contributed by atoms with Gasteiger partial charge in [0.2, 0.25) is 0 Å². The second kappa shape index (κ2) is 8.30. The van der Waals surface area contributed by atoms with Gasteiger partial charge in [0, 0.05) is 12.7 Å². The molecule has 1 amide bonds. The minimum absolute atomic E-state index is 0.0878. The molecule has 7 heteroatoms. The highest BCUT2D eigenvalue weighted by Gasteiger charge is 2.18. The zero-order valence-electron chi connectivity index (χ0n) is 15.2. The van der Waals surface area contributed by atoms with E-state index in [0.717, 1.165) is 12.2 Å². The van der Waals surface area contributed by atoms with Crippen molar-refractivity contribution in [3.63, 3.8) is 0 Å². The summed E-state index contributed by atoms with van der Waals surface area (Å²) in [5, 5.41) is 7.53. The summed E-state index contributed by atoms with van der Waals surface area (Å²) in [6.07, 6.45) is 7.08. The molecule has 0 unspecified atom stereocenters. The molecule has 0 fully saturated rings. The van der Waals surface area contributed by atoms with Crippen LogP contribution in [0.5, 0.6) is 0 Å². The van der Waals surface area contributed by atoms with E-state index in [-0.39, 0.29) is 5.91 Å². The Morgan fingerprint density at radius 3 is 2.50 bits per heavy atom. The summed E-state index contributed by atoms with van der Waals surface area (Å²) in [5.74, 6) is 1.31. The molecule has 0 aliphatic heterocycles. The molecule has 0 bridgehead atoms. The van der Waals surface area contributed by atoms with Crippen molar-refractivity contribution < 1.29 is 9.21 Å². The lowest BCUT2D eigenvalue weighted by molar-refractivity contribution is 0.0733. The van der Waals surface area contributed by atoms with Gasteiger partial charge in [-0.2, -0.15) is 0 Å². The topological polar surface area (TPSA) is 77.1 Å². The first-order chi connectivity index (χ1) is 13.8. The molecule has 3 aromatic heterocycles. The average molecular weight is 373 g/mol. The lowest BCUT2D eigenvalue weighted by atomic mass is 10.1. The number of amides is 1. The van der Waals surface area contributed by atoms with Gasteiger partial charge in [-0.3, -0.25) is 9.36 Å². The summed E-state index contributed by atoms with van der Waals surface area (Å²) in [7, 11) is 0. The maximum Gasteiger partial charge on any atom is 0.255 e. The van der Waals surface area contributed by atoms with Crippen molar-refractivity contribution in [2.45, 2.75) is 13.0 Å². The van der Waals surface area contributed by atoms with Gasteiger partial charge < -0.3 is 9.32 Å². The van der Waals surface area contributed by atoms with E-state index >= 15 is 0 Å². The largest absolute Gasteiger partial charge is 0.467 e. The van der Waals surface area contributed by atoms with Crippen LogP contribution in [0.2, 0.25) is 0 Å². The molecular formula is C21H19N5O2. The molecule has 0 aliphatic rings. The quantitative estimate of drug-likeness (QED) is 0.497. The summed E-state index contributed by atoms with van der Waals surface area (Å²) in [6, 6.07) is 17.3. The third kappa shape index (κ3) is 4.15. The van der Waals surface area contributed by atoms with Crippen LogP contribution in [0, 0.1) is 0 Å². The van der Waals surface area contributed by atoms with Crippen LogP contribution in [0.4, 0.5) is 0 Å². The Morgan fingerprint density at radius 2 is 1.82 bits per heavy atom. The molecule has 140 valence electrons. The average Bonchev–Trinajstić information content (AvgIpc) is 3.46. The molecule has 0 saturated carbocycles. The second-order valence-electron chi connectivity index (χ2n) is 6.32. The molecule has 4 aromatic rings. The standard InChI is InChI=1S/C21H19N5O2/c27-21(18-8-9-20(22-13-18)26-15-23-24-16-26)25(14-19-7-4-12-28-19)11-10-17-5-2-1-3-6-17/h1-9,12-13,15-16H,10-11,14H2. The fourth-order valence-corrected chi connectivity index (χ4v) is 2.92. The van der Waals surface area contributed by atoms with Crippen molar-refractivity contribution in [3.8, 4) is 5.82 Å². The smallest absolute Gasteiger partial charge is 0.255 e. The number of carbonyl (C=O) groups excluding carboxylic acids is 1. The number of aromatic nitrogens is 4. The van der Waals surface area contributed by atoms with Gasteiger partial charge in [-0.25, -0.2) is 4.98 Å². The first kappa shape index (κ1) is 17.7. The van der Waals surface area contributed by atoms with Gasteiger partial charge in [-0.1, -0.05) is 30.3 Å². The Labute approximate surface area is 162 Å². The van der Waals surface area contributed by atoms with Crippen molar-refractivity contribution in [2.24, 2.45) is 0 Å². The van der Waals surface area contributed by atoms with Gasteiger partial charge in [-0.05, 0) is 36.2 Å². The van der Waals surface area contributed by atoms with E-state index in [9.17, 15) is 4.79 Å². The predicted molar refractivity (Wildman–Crippen MR) is 103 cm³/mol. The van der Waals surface area contributed by atoms with Gasteiger partial charge in [0.25, 0.3) is 5.91 Å². The zero-order valence-corrected chi connectivity index (χ0v) is 15.2. The Hall–Kier alpha value is -3.74. The number of carbonyl (C=O) groups is 1. The number of hydrogen-bond donors (Lipinski definition) is 0. The normalized spacial score (nSPS) is 10.7. The molecule has 1 aromatic carbocycles. The molecule has 0 aliphatic carbocycles. The minimum Gasteiger partial charge on any atom is -0.467 e. The molecule has 0 spiro atoms. The number of rotatable bonds is 7. The predicted octanol–water partition coefficient (Wildman–Crippen LogP) is 3.14. The Bertz CT molecular complexity index is 997. The minimum atomic E-state index is -0.0878. The Morgan fingerprint density at radius 1 is 1.00 bits per heavy atom. The lowest BCUT2D eigenvalue weighted by Gasteiger charge is -2.22. The zero-order chi connectivity index (χ0) is 19.2. The van der Waals surface area contributed by atoms with Crippen molar-refractivity contribution in [1.29, 1.82) is 0 Å². The molecule has 0 radical (unpaired) electrons. The maximum atomic E-state index is 13.1. The third-order valence-corrected chi connectivity index (χ3v) is 4.41. The number of hydrogen-bond acceptors (Lipinski definition) is 5. The van der Waals surface area contributed by atoms with Crippen LogP contribution in [0.15, 0.2) is 84.1 Å². The van der Waals surface area contributed by atoms with Crippen LogP contribution in [-0.4, -0.2) is 37.1 Å². The summed E-state index contributed by atoms with van der Waals surface area (Å²) < 4.78 is 7.13. The third-order valence-electron chi connectivity index (χ3n) is 4.41. The molecule has 0 N–H and O–H groups in total. The summed E-state index contributed by atoms with van der Waals surface area (Å²) in [5.41, 5.74) is 1.71. The van der Waals surface area contributed by atoms with Crippen molar-refractivity contribution in [2.75, 3.05) is 6.54 Å². The Balaban J connectivity index is 1.51. The van der Waals surface area contributed by atoms with Crippen molar-refractivity contribution >= 4 is 5.91 Å². The van der Waals surface area contributed by atoms with E-state index in [1.165, 1.54) is 5.56 Å². The summed E-state index contributed by atoms with van der Waals surface area (Å²) in [6.45, 7) is 0.989. The fraction of sp³-hybridized carbons (Fsp3) is 0.143. The van der Waals surface area contributed by atoms with Gasteiger partial charge in [0.15, 0.2) is 0 Å². The van der Waals surface area contributed by atoms with Crippen LogP contribution in [-0.2, 0) is 13.0 Å². The van der Waals surface area contributed by atoms with Crippen LogP contribution >= 0.6 is 0 Å². The van der Waals surface area contributed by atoms with Gasteiger partial charge in [0.05, 0.1) is 18.4 Å². The Kier molecular flexibility index (Phi) is 5.24. The molecule has 0 atom stereocenters. The first-order valence-corrected chi connectivity index (χ1v) is 8.96. The van der Waals surface area contributed by atoms with Crippen molar-refractivity contribution in [3.05, 3.63) is 96.6 Å². The summed E-state index contributed by atoms with van der Waals surface area (Å²) >= 11 is 0. The number of nitrogens with zero attached hydrogens (tertiary/aromatic N) is 5. The van der Waals surface area contributed by atoms with E-state index in [4.69, 9.17) is 4.42 Å². The monoisotopic (exact) mass is 373 g/mol. The number of pyridine rings is 1. The van der Waals surface area contributed by atoms with Gasteiger partial charge >= 0.3 is 0 Å². The van der Waals surface area contributed by atoms with E-state index in [0.29, 0.717) is 24.5 Å². The van der Waals surface area contributed by atoms with Crippen molar-refractivity contribution in [1.82, 2.24) is 24.6 Å². The first-order valence-electron chi connectivity index (χ1n) is 8.96. The SMILES string of the molecule is O=C(c1ccc(-n2cnnc2)nc1)N(CCc1ccccc1)Cc1ccco1. The maximum absolute atomic E-state index is 13.1. The molecular weight excluding hydrogens is 354 g/mol. The molecule has 4 rings (SSSR count). The van der Waals surface area contributed by atoms with Crippen LogP contribution in [0.1, 0.15) is 21.7 Å². The summed E-state index contributed by atoms with van der Waals surface area (Å²) in [4.78, 5) is 19.2. The highest BCUT2D eigenvalue weighted by molar-refractivity contribution is 5.94. The van der Waals surface area contributed by atoms with Gasteiger partial charge in [-0.15, -0.1) is 10.2 Å². The lowest BCUT2D eigenvalue weighted by Crippen LogP contribution is -2.32. The molecule has 0 saturated heterocycles.